The number of nitrogens with two attached hydrogens (primary N) is 1. The second-order valence-corrected chi connectivity index (χ2v) is 12.8. The minimum absolute atomic E-state index is 0.0760. The van der Waals surface area contributed by atoms with E-state index in [-0.39, 0.29) is 21.7 Å². The van der Waals surface area contributed by atoms with Gasteiger partial charge in [-0.1, -0.05) is 97.4 Å². The van der Waals surface area contributed by atoms with Gasteiger partial charge in [-0.3, -0.25) is 0 Å². The fourth-order valence-corrected chi connectivity index (χ4v) is 10.6. The van der Waals surface area contributed by atoms with E-state index in [1.807, 2.05) is 0 Å². The van der Waals surface area contributed by atoms with Crippen LogP contribution in [0.4, 0.5) is 0 Å². The summed E-state index contributed by atoms with van der Waals surface area (Å²) >= 11 is 0. The molecule has 0 saturated heterocycles. The zero-order chi connectivity index (χ0) is 23.7. The van der Waals surface area contributed by atoms with Gasteiger partial charge in [-0.25, -0.2) is 0 Å². The van der Waals surface area contributed by atoms with Crippen LogP contribution in [0.5, 0.6) is 0 Å². The monoisotopic (exact) mass is 435 g/mol. The third-order valence-electron chi connectivity index (χ3n) is 12.3. The van der Waals surface area contributed by atoms with E-state index < -0.39 is 0 Å². The summed E-state index contributed by atoms with van der Waals surface area (Å²) in [6.45, 7) is 27.6. The van der Waals surface area contributed by atoms with Gasteiger partial charge >= 0.3 is 0 Å². The van der Waals surface area contributed by atoms with Crippen molar-refractivity contribution < 1.29 is 0 Å². The van der Waals surface area contributed by atoms with Crippen molar-refractivity contribution in [1.82, 2.24) is 0 Å². The molecule has 7 unspecified atom stereocenters. The molecule has 4 aliphatic carbocycles. The van der Waals surface area contributed by atoms with Crippen LogP contribution >= 0.6 is 0 Å². The Labute approximate surface area is 198 Å². The highest BCUT2D eigenvalue weighted by Gasteiger charge is 2.75. The van der Waals surface area contributed by atoms with E-state index in [2.05, 4.69) is 73.3 Å². The summed E-state index contributed by atoms with van der Waals surface area (Å²) in [6, 6.07) is 0. The average molecular weight is 436 g/mol. The molecule has 0 aromatic heterocycles. The lowest BCUT2D eigenvalue weighted by Gasteiger charge is -2.71. The van der Waals surface area contributed by atoms with Gasteiger partial charge in [0.25, 0.3) is 0 Å². The molecule has 0 radical (unpaired) electrons. The van der Waals surface area contributed by atoms with Gasteiger partial charge in [-0.15, -0.1) is 0 Å². The van der Waals surface area contributed by atoms with Gasteiger partial charge in [-0.2, -0.15) is 0 Å². The van der Waals surface area contributed by atoms with Crippen molar-refractivity contribution in [1.29, 1.82) is 0 Å². The number of fused-ring (bicyclic) bond motifs is 5. The van der Waals surface area contributed by atoms with Gasteiger partial charge in [0.1, 0.15) is 0 Å². The van der Waals surface area contributed by atoms with E-state index in [1.54, 1.807) is 5.57 Å². The molecule has 178 valence electrons. The Bertz CT molecular complexity index is 877. The van der Waals surface area contributed by atoms with Gasteiger partial charge in [0.15, 0.2) is 0 Å². The summed E-state index contributed by atoms with van der Waals surface area (Å²) in [5, 5.41) is 0. The Hall–Kier alpha value is -1.08. The molecule has 0 spiro atoms. The lowest BCUT2D eigenvalue weighted by molar-refractivity contribution is -0.196. The lowest BCUT2D eigenvalue weighted by atomic mass is 9.33. The smallest absolute Gasteiger partial charge is 0.0129 e. The topological polar surface area (TPSA) is 26.0 Å². The second-order valence-electron chi connectivity index (χ2n) is 12.8. The Balaban J connectivity index is 1.92. The Kier molecular flexibility index (Phi) is 5.61. The third kappa shape index (κ3) is 2.50. The zero-order valence-electron chi connectivity index (χ0n) is 22.1. The number of allylic oxidation sites excluding steroid dienone is 6. The van der Waals surface area contributed by atoms with Gasteiger partial charge in [0, 0.05) is 5.41 Å². The standard InChI is InChI=1S/C31H49N/c1-10-12-22(4)31(11-2)23(5)18-28(7)26-14-13-24-17-21(3)15-16-27(24,6)30(26,9)25(20-32)19-29(28,31)8/h15-17,23,25-26H,3-4,10-14,18-20,32H2,1-2,5-9H3/t23?,25?,26?,27?,28?,29?,30?,31-/m0/s1. The maximum atomic E-state index is 6.70. The number of rotatable bonds is 5. The molecule has 0 heterocycles. The molecule has 4 aliphatic rings. The van der Waals surface area contributed by atoms with Crippen molar-refractivity contribution in [3.63, 3.8) is 0 Å². The predicted octanol–water partition coefficient (Wildman–Crippen LogP) is 8.25. The van der Waals surface area contributed by atoms with E-state index in [4.69, 9.17) is 12.3 Å². The maximum absolute atomic E-state index is 6.70. The van der Waals surface area contributed by atoms with E-state index in [1.165, 1.54) is 44.1 Å². The minimum atomic E-state index is 0.0760. The fraction of sp³-hybridized carbons (Fsp3) is 0.742. The Morgan fingerprint density at radius 1 is 1.16 bits per heavy atom. The van der Waals surface area contributed by atoms with Crippen LogP contribution in [0.1, 0.15) is 93.4 Å². The average Bonchev–Trinajstić information content (AvgIpc) is 2.91. The third-order valence-corrected chi connectivity index (χ3v) is 12.3. The molecule has 0 amide bonds. The normalized spacial score (nSPS) is 49.8. The fourth-order valence-electron chi connectivity index (χ4n) is 10.6. The van der Waals surface area contributed by atoms with Crippen molar-refractivity contribution in [2.75, 3.05) is 6.54 Å². The van der Waals surface area contributed by atoms with Crippen LogP contribution in [-0.4, -0.2) is 6.54 Å². The van der Waals surface area contributed by atoms with Gasteiger partial charge < -0.3 is 5.73 Å². The van der Waals surface area contributed by atoms with Crippen LogP contribution in [0.25, 0.3) is 0 Å². The summed E-state index contributed by atoms with van der Waals surface area (Å²) in [5.41, 5.74) is 12.0. The SMILES string of the molecule is C=C1C=CC2(C)C(=C1)CCC1C3(C)CC(C)[C@](CC)(C(=C)CCC)C3(C)CC(CN)C12C. The summed E-state index contributed by atoms with van der Waals surface area (Å²) in [6.07, 6.45) is 15.8. The van der Waals surface area contributed by atoms with Crippen molar-refractivity contribution in [2.24, 2.45) is 50.6 Å². The molecule has 8 atom stereocenters. The van der Waals surface area contributed by atoms with Crippen molar-refractivity contribution >= 4 is 0 Å². The van der Waals surface area contributed by atoms with E-state index >= 15 is 0 Å². The first-order chi connectivity index (χ1) is 14.9. The van der Waals surface area contributed by atoms with E-state index in [0.717, 1.165) is 18.5 Å². The molecule has 3 saturated carbocycles. The van der Waals surface area contributed by atoms with Crippen LogP contribution in [0.2, 0.25) is 0 Å². The zero-order valence-corrected chi connectivity index (χ0v) is 22.1. The molecular formula is C31H49N. The van der Waals surface area contributed by atoms with Crippen LogP contribution in [-0.2, 0) is 0 Å². The first kappa shape index (κ1) is 24.1. The van der Waals surface area contributed by atoms with Gasteiger partial charge in [0.2, 0.25) is 0 Å². The molecule has 1 heteroatoms. The number of hydrogen-bond donors (Lipinski definition) is 1. The quantitative estimate of drug-likeness (QED) is 0.432. The first-order valence-corrected chi connectivity index (χ1v) is 13.4. The molecule has 2 N–H and O–H groups in total. The molecule has 0 aromatic carbocycles. The molecule has 0 aromatic rings. The summed E-state index contributed by atoms with van der Waals surface area (Å²) < 4.78 is 0. The van der Waals surface area contributed by atoms with Crippen LogP contribution in [0, 0.1) is 44.8 Å². The minimum Gasteiger partial charge on any atom is -0.330 e. The predicted molar refractivity (Wildman–Crippen MR) is 139 cm³/mol. The molecule has 1 nitrogen and oxygen atoms in total. The van der Waals surface area contributed by atoms with Crippen LogP contribution in [0.15, 0.2) is 48.1 Å². The molecule has 3 fully saturated rings. The van der Waals surface area contributed by atoms with E-state index in [0.29, 0.717) is 23.2 Å². The largest absolute Gasteiger partial charge is 0.330 e. The van der Waals surface area contributed by atoms with E-state index in [9.17, 15) is 0 Å². The molecular weight excluding hydrogens is 386 g/mol. The first-order valence-electron chi connectivity index (χ1n) is 13.4. The second kappa shape index (κ2) is 7.46. The van der Waals surface area contributed by atoms with Crippen molar-refractivity contribution in [2.45, 2.75) is 93.4 Å². The molecule has 32 heavy (non-hydrogen) atoms. The Morgan fingerprint density at radius 3 is 2.44 bits per heavy atom. The van der Waals surface area contributed by atoms with Crippen LogP contribution < -0.4 is 5.73 Å². The molecule has 0 aliphatic heterocycles. The molecule has 4 rings (SSSR count). The highest BCUT2D eigenvalue weighted by atomic mass is 14.8. The van der Waals surface area contributed by atoms with Gasteiger partial charge in [0.05, 0.1) is 0 Å². The lowest BCUT2D eigenvalue weighted by Crippen LogP contribution is -2.66. The Morgan fingerprint density at radius 2 is 1.84 bits per heavy atom. The summed E-state index contributed by atoms with van der Waals surface area (Å²) in [5.74, 6) is 1.86. The van der Waals surface area contributed by atoms with Crippen LogP contribution in [0.3, 0.4) is 0 Å². The number of hydrogen-bond acceptors (Lipinski definition) is 1. The van der Waals surface area contributed by atoms with Gasteiger partial charge in [-0.05, 0) is 90.1 Å². The molecule has 0 bridgehead atoms. The van der Waals surface area contributed by atoms with Crippen molar-refractivity contribution in [3.8, 4) is 0 Å². The summed E-state index contributed by atoms with van der Waals surface area (Å²) in [7, 11) is 0. The maximum Gasteiger partial charge on any atom is 0.0129 e. The highest BCUT2D eigenvalue weighted by Crippen LogP contribution is 2.82. The van der Waals surface area contributed by atoms with Crippen molar-refractivity contribution in [3.05, 3.63) is 48.1 Å². The summed E-state index contributed by atoms with van der Waals surface area (Å²) in [4.78, 5) is 0. The highest BCUT2D eigenvalue weighted by molar-refractivity contribution is 5.46.